The zero-order valence-electron chi connectivity index (χ0n) is 22.9. The first-order valence-electron chi connectivity index (χ1n) is 12.8. The first kappa shape index (κ1) is 31.0. The van der Waals surface area contributed by atoms with Gasteiger partial charge in [0.15, 0.2) is 0 Å². The molecule has 1 saturated carbocycles. The molecule has 208 valence electrons. The van der Waals surface area contributed by atoms with Crippen LogP contribution in [0.25, 0.3) is 0 Å². The zero-order chi connectivity index (χ0) is 28.3. The summed E-state index contributed by atoms with van der Waals surface area (Å²) >= 11 is 1.55. The lowest BCUT2D eigenvalue weighted by molar-refractivity contribution is -0.144. The van der Waals surface area contributed by atoms with Gasteiger partial charge in [-0.2, -0.15) is 11.8 Å². The Morgan fingerprint density at radius 2 is 1.89 bits per heavy atom. The van der Waals surface area contributed by atoms with Crippen molar-refractivity contribution in [3.8, 4) is 12.3 Å². The number of benzene rings is 1. The van der Waals surface area contributed by atoms with E-state index in [0.717, 1.165) is 12.8 Å². The lowest BCUT2D eigenvalue weighted by Crippen LogP contribution is -2.54. The number of amides is 3. The van der Waals surface area contributed by atoms with Gasteiger partial charge in [0, 0.05) is 18.2 Å². The third kappa shape index (κ3) is 9.60. The van der Waals surface area contributed by atoms with E-state index < -0.39 is 35.7 Å². The quantitative estimate of drug-likeness (QED) is 0.288. The van der Waals surface area contributed by atoms with E-state index in [-0.39, 0.29) is 31.5 Å². The number of terminal acetylenes is 1. The van der Waals surface area contributed by atoms with Crippen molar-refractivity contribution in [2.24, 2.45) is 0 Å². The van der Waals surface area contributed by atoms with Gasteiger partial charge in [0.05, 0.1) is 13.0 Å². The van der Waals surface area contributed by atoms with Crippen molar-refractivity contribution in [2.45, 2.75) is 77.1 Å². The molecule has 38 heavy (non-hydrogen) atoms. The van der Waals surface area contributed by atoms with Crippen LogP contribution in [-0.2, 0) is 23.9 Å². The van der Waals surface area contributed by atoms with E-state index in [1.807, 2.05) is 6.26 Å². The van der Waals surface area contributed by atoms with Crippen molar-refractivity contribution >= 4 is 35.6 Å². The molecule has 2 N–H and O–H groups in total. The van der Waals surface area contributed by atoms with Crippen LogP contribution in [0.1, 0.15) is 70.5 Å². The molecule has 2 unspecified atom stereocenters. The molecule has 0 saturated heterocycles. The molecule has 0 bridgehead atoms. The smallest absolute Gasteiger partial charge is 0.408 e. The Kier molecular flexibility index (Phi) is 12.0. The van der Waals surface area contributed by atoms with E-state index in [2.05, 4.69) is 16.6 Å². The molecule has 1 aliphatic carbocycles. The molecule has 2 rings (SSSR count). The molecule has 3 amide bonds. The zero-order valence-corrected chi connectivity index (χ0v) is 23.7. The molecule has 1 aromatic rings. The monoisotopic (exact) mass is 545 g/mol. The van der Waals surface area contributed by atoms with Crippen molar-refractivity contribution in [1.82, 2.24) is 15.5 Å². The van der Waals surface area contributed by atoms with E-state index in [9.17, 15) is 19.2 Å². The fraction of sp³-hybridized carbons (Fsp3) is 0.571. The summed E-state index contributed by atoms with van der Waals surface area (Å²) in [5, 5.41) is 5.49. The molecule has 10 heteroatoms. The molecule has 2 atom stereocenters. The van der Waals surface area contributed by atoms with E-state index in [1.165, 1.54) is 4.90 Å². The Labute approximate surface area is 229 Å². The van der Waals surface area contributed by atoms with Crippen LogP contribution >= 0.6 is 11.8 Å². The van der Waals surface area contributed by atoms with Gasteiger partial charge in [0.2, 0.25) is 11.8 Å². The number of ether oxygens (including phenoxy) is 2. The highest BCUT2D eigenvalue weighted by atomic mass is 32.2. The second kappa shape index (κ2) is 14.7. The van der Waals surface area contributed by atoms with E-state index in [0.29, 0.717) is 23.3 Å². The van der Waals surface area contributed by atoms with Crippen LogP contribution in [0.4, 0.5) is 4.79 Å². The maximum absolute atomic E-state index is 14.1. The maximum Gasteiger partial charge on any atom is 0.408 e. The Morgan fingerprint density at radius 3 is 2.47 bits per heavy atom. The average Bonchev–Trinajstić information content (AvgIpc) is 3.68. The number of thioether (sulfide) groups is 1. The van der Waals surface area contributed by atoms with Gasteiger partial charge in [0.25, 0.3) is 0 Å². The van der Waals surface area contributed by atoms with Crippen LogP contribution in [0.2, 0.25) is 0 Å². The summed E-state index contributed by atoms with van der Waals surface area (Å²) in [6.45, 7) is 7.24. The highest BCUT2D eigenvalue weighted by Crippen LogP contribution is 2.36. The molecule has 0 aliphatic heterocycles. The number of alkyl carbamates (subject to hydrolysis) is 1. The summed E-state index contributed by atoms with van der Waals surface area (Å²) in [5.74, 6) is 1.95. The molecule has 0 heterocycles. The Morgan fingerprint density at radius 1 is 1.21 bits per heavy atom. The summed E-state index contributed by atoms with van der Waals surface area (Å²) in [4.78, 5) is 53.6. The third-order valence-electron chi connectivity index (χ3n) is 5.67. The third-order valence-corrected chi connectivity index (χ3v) is 6.31. The molecule has 0 spiro atoms. The first-order valence-corrected chi connectivity index (χ1v) is 14.2. The highest BCUT2D eigenvalue weighted by molar-refractivity contribution is 7.98. The van der Waals surface area contributed by atoms with Gasteiger partial charge in [-0.25, -0.2) is 4.79 Å². The Bertz CT molecular complexity index is 1030. The predicted molar refractivity (Wildman–Crippen MR) is 147 cm³/mol. The number of carbonyl (C=O) groups is 4. The number of hydrogen-bond donors (Lipinski definition) is 2. The maximum atomic E-state index is 14.1. The second-order valence-electron chi connectivity index (χ2n) is 9.94. The topological polar surface area (TPSA) is 114 Å². The van der Waals surface area contributed by atoms with Gasteiger partial charge in [-0.05, 0) is 70.6 Å². The van der Waals surface area contributed by atoms with Crippen LogP contribution in [0, 0.1) is 12.3 Å². The first-order chi connectivity index (χ1) is 18.0. The van der Waals surface area contributed by atoms with Gasteiger partial charge in [-0.1, -0.05) is 24.1 Å². The number of esters is 1. The minimum atomic E-state index is -1.04. The Hall–Kier alpha value is -3.19. The van der Waals surface area contributed by atoms with Crippen LogP contribution < -0.4 is 10.6 Å². The van der Waals surface area contributed by atoms with Gasteiger partial charge in [-0.15, -0.1) is 6.42 Å². The molecular weight excluding hydrogens is 506 g/mol. The fourth-order valence-electron chi connectivity index (χ4n) is 3.90. The molecule has 1 aliphatic rings. The van der Waals surface area contributed by atoms with Gasteiger partial charge >= 0.3 is 12.1 Å². The average molecular weight is 546 g/mol. The van der Waals surface area contributed by atoms with Crippen LogP contribution in [0.3, 0.4) is 0 Å². The molecule has 0 aromatic heterocycles. The summed E-state index contributed by atoms with van der Waals surface area (Å²) in [5.41, 5.74) is 0.252. The molecule has 1 aromatic carbocycles. The van der Waals surface area contributed by atoms with Crippen LogP contribution in [-0.4, -0.2) is 71.6 Å². The number of carbonyl (C=O) groups excluding carboxylic acids is 4. The van der Waals surface area contributed by atoms with Crippen LogP contribution in [0.15, 0.2) is 24.3 Å². The van der Waals surface area contributed by atoms with Gasteiger partial charge < -0.3 is 25.0 Å². The summed E-state index contributed by atoms with van der Waals surface area (Å²) < 4.78 is 10.3. The number of nitrogens with zero attached hydrogens (tertiary/aromatic N) is 1. The van der Waals surface area contributed by atoms with Gasteiger partial charge in [-0.3, -0.25) is 14.4 Å². The van der Waals surface area contributed by atoms with Crippen molar-refractivity contribution < 1.29 is 28.7 Å². The van der Waals surface area contributed by atoms with Crippen molar-refractivity contribution in [2.75, 3.05) is 25.2 Å². The number of nitrogens with one attached hydrogen (secondary N) is 2. The lowest BCUT2D eigenvalue weighted by atomic mass is 9.97. The van der Waals surface area contributed by atoms with E-state index in [1.54, 1.807) is 63.7 Å². The largest absolute Gasteiger partial charge is 0.466 e. The van der Waals surface area contributed by atoms with E-state index in [4.69, 9.17) is 15.9 Å². The van der Waals surface area contributed by atoms with E-state index >= 15 is 0 Å². The second-order valence-corrected chi connectivity index (χ2v) is 10.9. The minimum Gasteiger partial charge on any atom is -0.466 e. The normalized spacial score (nSPS) is 14.4. The van der Waals surface area contributed by atoms with Crippen molar-refractivity contribution in [3.63, 3.8) is 0 Å². The molecule has 0 radical (unpaired) electrons. The number of hydrogen-bond acceptors (Lipinski definition) is 7. The van der Waals surface area contributed by atoms with Crippen molar-refractivity contribution in [1.29, 1.82) is 0 Å². The van der Waals surface area contributed by atoms with Crippen LogP contribution in [0.5, 0.6) is 0 Å². The van der Waals surface area contributed by atoms with Gasteiger partial charge in [0.1, 0.15) is 17.7 Å². The summed E-state index contributed by atoms with van der Waals surface area (Å²) in [6, 6.07) is 4.84. The molecular formula is C28H39N3O6S. The summed E-state index contributed by atoms with van der Waals surface area (Å²) in [6.07, 6.45) is 8.76. The predicted octanol–water partition coefficient (Wildman–Crippen LogP) is 3.42. The fourth-order valence-corrected chi connectivity index (χ4v) is 4.37. The Balaban J connectivity index is 2.41. The highest BCUT2D eigenvalue weighted by Gasteiger charge is 2.44. The SMILES string of the molecule is C#Cc1ccccc1C(C(=O)NCCC(=O)OCC)N(C(=O)C(CCSC)NC(=O)OC(C)(C)C)C1CC1. The minimum absolute atomic E-state index is 0.00297. The number of rotatable bonds is 13. The molecule has 1 fully saturated rings. The van der Waals surface area contributed by atoms with Crippen molar-refractivity contribution in [3.05, 3.63) is 35.4 Å². The standard InChI is InChI=1S/C28H39N3O6S/c1-7-19-11-9-10-12-21(19)24(25(33)29-17-15-23(32)36-8-2)31(20-13-14-20)26(34)22(16-18-38-6)30-27(35)37-28(3,4)5/h1,9-12,20,22,24H,8,13-18H2,2-6H3,(H,29,33)(H,30,35). The molecule has 9 nitrogen and oxygen atoms in total. The lowest BCUT2D eigenvalue weighted by Gasteiger charge is -2.35. The summed E-state index contributed by atoms with van der Waals surface area (Å²) in [7, 11) is 0.